The summed E-state index contributed by atoms with van der Waals surface area (Å²) in [7, 11) is -4.48. The molecule has 0 aliphatic carbocycles. The zero-order chi connectivity index (χ0) is 10.2. The van der Waals surface area contributed by atoms with Crippen LogP contribution in [-0.4, -0.2) is 23.6 Å². The van der Waals surface area contributed by atoms with Crippen molar-refractivity contribution in [3.05, 3.63) is 0 Å². The van der Waals surface area contributed by atoms with Crippen molar-refractivity contribution in [3.63, 3.8) is 0 Å². The Hall–Kier alpha value is -0.130. The summed E-state index contributed by atoms with van der Waals surface area (Å²) in [5, 5.41) is 0. The number of hydrogen-bond acceptors (Lipinski definition) is 2. The highest BCUT2D eigenvalue weighted by Gasteiger charge is 2.56. The molecule has 0 amide bonds. The first kappa shape index (κ1) is 11.9. The molecule has 0 rings (SSSR count). The van der Waals surface area contributed by atoms with Crippen molar-refractivity contribution in [1.29, 1.82) is 0 Å². The lowest BCUT2D eigenvalue weighted by molar-refractivity contribution is -0.295. The quantitative estimate of drug-likeness (QED) is 0.560. The van der Waals surface area contributed by atoms with Crippen LogP contribution in [0.2, 0.25) is 0 Å². The van der Waals surface area contributed by atoms with E-state index < -0.39 is 19.6 Å². The van der Waals surface area contributed by atoms with E-state index in [-0.39, 0.29) is 6.92 Å². The summed E-state index contributed by atoms with van der Waals surface area (Å²) in [6.45, 7) is 0.496. The smallest absolute Gasteiger partial charge is 0.324 e. The Morgan fingerprint density at radius 2 is 1.67 bits per heavy atom. The van der Waals surface area contributed by atoms with E-state index in [1.165, 1.54) is 0 Å². The van der Waals surface area contributed by atoms with E-state index >= 15 is 0 Å². The fourth-order valence-corrected chi connectivity index (χ4v) is 1.11. The molecule has 0 saturated carbocycles. The molecule has 0 saturated heterocycles. The molecule has 0 aromatic heterocycles. The zero-order valence-electron chi connectivity index (χ0n) is 6.22. The molecule has 8 heteroatoms. The van der Waals surface area contributed by atoms with Gasteiger partial charge in [-0.25, -0.2) is 4.39 Å². The van der Waals surface area contributed by atoms with Gasteiger partial charge in [0.05, 0.1) is 0 Å². The first-order chi connectivity index (χ1) is 4.96. The molecule has 74 valence electrons. The maximum atomic E-state index is 12.4. The van der Waals surface area contributed by atoms with Gasteiger partial charge in [-0.05, 0) is 0 Å². The monoisotopic (exact) mass is 210 g/mol. The summed E-state index contributed by atoms with van der Waals surface area (Å²) in [5.41, 5.74) is 0. The highest BCUT2D eigenvalue weighted by molar-refractivity contribution is 7.51. The van der Waals surface area contributed by atoms with Crippen LogP contribution in [-0.2, 0) is 9.09 Å². The van der Waals surface area contributed by atoms with Crippen LogP contribution >= 0.6 is 7.60 Å². The van der Waals surface area contributed by atoms with E-state index in [9.17, 15) is 22.1 Å². The maximum absolute atomic E-state index is 12.4. The minimum absolute atomic E-state index is 0.0272. The van der Waals surface area contributed by atoms with Gasteiger partial charge < -0.3 is 4.89 Å². The number of rotatable bonds is 2. The first-order valence-corrected chi connectivity index (χ1v) is 4.75. The topological polar surface area (TPSA) is 46.5 Å². The zero-order valence-corrected chi connectivity index (χ0v) is 7.12. The lowest BCUT2D eigenvalue weighted by atomic mass is 10.4. The van der Waals surface area contributed by atoms with E-state index in [1.807, 2.05) is 0 Å². The molecule has 12 heavy (non-hydrogen) atoms. The number of alkyl halides is 4. The van der Waals surface area contributed by atoms with Crippen LogP contribution in [0.4, 0.5) is 17.6 Å². The average molecular weight is 210 g/mol. The fraction of sp³-hybridized carbons (Fsp3) is 1.00. The Morgan fingerprint density at radius 1 is 1.33 bits per heavy atom. The van der Waals surface area contributed by atoms with Crippen LogP contribution in [0.1, 0.15) is 6.92 Å². The predicted molar refractivity (Wildman–Crippen MR) is 32.4 cm³/mol. The molecule has 2 atom stereocenters. The van der Waals surface area contributed by atoms with Crippen LogP contribution in [0.25, 0.3) is 0 Å². The predicted octanol–water partition coefficient (Wildman–Crippen LogP) is 2.07. The normalized spacial score (nSPS) is 22.9. The van der Waals surface area contributed by atoms with Crippen molar-refractivity contribution < 1.29 is 31.5 Å². The first-order valence-electron chi connectivity index (χ1n) is 2.72. The summed E-state index contributed by atoms with van der Waals surface area (Å²) in [6.07, 6.45) is -5.32. The molecule has 2 unspecified atom stereocenters. The molecule has 0 radical (unpaired) electrons. The highest BCUT2D eigenvalue weighted by atomic mass is 31.2. The minimum Gasteiger partial charge on any atom is -0.324 e. The summed E-state index contributed by atoms with van der Waals surface area (Å²) in [5.74, 6) is -4.09. The summed E-state index contributed by atoms with van der Waals surface area (Å²) in [4.78, 5) is 8.31. The molecular weight excluding hydrogens is 203 g/mol. The van der Waals surface area contributed by atoms with E-state index in [0.29, 0.717) is 6.66 Å². The Balaban J connectivity index is 4.56. The van der Waals surface area contributed by atoms with Crippen molar-refractivity contribution in [3.8, 4) is 0 Å². The van der Waals surface area contributed by atoms with E-state index in [0.717, 1.165) is 0 Å². The second-order valence-electron chi connectivity index (χ2n) is 2.31. The van der Waals surface area contributed by atoms with Gasteiger partial charge >= 0.3 is 19.6 Å². The third-order valence-electron chi connectivity index (χ3n) is 0.847. The van der Waals surface area contributed by atoms with Crippen LogP contribution in [0.5, 0.6) is 0 Å². The minimum atomic E-state index is -5.32. The second-order valence-corrected chi connectivity index (χ2v) is 4.10. The van der Waals surface area contributed by atoms with Gasteiger partial charge in [0.2, 0.25) is 0 Å². The van der Waals surface area contributed by atoms with Gasteiger partial charge in [0.15, 0.2) is 0 Å². The van der Waals surface area contributed by atoms with E-state index in [2.05, 4.69) is 4.52 Å². The second kappa shape index (κ2) is 2.97. The van der Waals surface area contributed by atoms with E-state index in [1.54, 1.807) is 0 Å². The lowest BCUT2D eigenvalue weighted by Gasteiger charge is -2.24. The van der Waals surface area contributed by atoms with Gasteiger partial charge in [-0.1, -0.05) is 0 Å². The Kier molecular flexibility index (Phi) is 2.94. The van der Waals surface area contributed by atoms with Crippen molar-refractivity contribution >= 4 is 7.60 Å². The van der Waals surface area contributed by atoms with Crippen molar-refractivity contribution in [2.75, 3.05) is 6.66 Å². The highest BCUT2D eigenvalue weighted by Crippen LogP contribution is 2.48. The molecule has 0 aliphatic rings. The summed E-state index contributed by atoms with van der Waals surface area (Å²) < 4.78 is 60.9. The lowest BCUT2D eigenvalue weighted by Crippen LogP contribution is -2.39. The van der Waals surface area contributed by atoms with Crippen LogP contribution in [0.3, 0.4) is 0 Å². The van der Waals surface area contributed by atoms with Gasteiger partial charge in [0, 0.05) is 13.6 Å². The molecule has 0 aromatic rings. The van der Waals surface area contributed by atoms with Gasteiger partial charge in [-0.3, -0.25) is 9.09 Å². The fourth-order valence-electron chi connectivity index (χ4n) is 0.370. The van der Waals surface area contributed by atoms with Crippen molar-refractivity contribution in [1.82, 2.24) is 0 Å². The summed E-state index contributed by atoms with van der Waals surface area (Å²) >= 11 is 0. The van der Waals surface area contributed by atoms with Gasteiger partial charge in [-0.15, -0.1) is 0 Å². The SMILES string of the molecule is CC(F)(OP(C)(=O)O)C(F)(F)F. The molecule has 0 spiro atoms. The molecule has 0 bridgehead atoms. The van der Waals surface area contributed by atoms with Gasteiger partial charge in [0.1, 0.15) is 0 Å². The molecular formula is C4H7F4O3P. The molecule has 3 nitrogen and oxygen atoms in total. The molecule has 0 fully saturated rings. The number of halogens is 4. The van der Waals surface area contributed by atoms with Crippen LogP contribution in [0.15, 0.2) is 0 Å². The molecule has 1 N–H and O–H groups in total. The third-order valence-corrected chi connectivity index (χ3v) is 1.53. The summed E-state index contributed by atoms with van der Waals surface area (Å²) in [6, 6.07) is 0. The third kappa shape index (κ3) is 3.51. The van der Waals surface area contributed by atoms with Crippen LogP contribution < -0.4 is 0 Å². The average Bonchev–Trinajstić information content (AvgIpc) is 1.52. The Labute approximate surface area is 65.9 Å². The van der Waals surface area contributed by atoms with Crippen molar-refractivity contribution in [2.24, 2.45) is 0 Å². The van der Waals surface area contributed by atoms with Gasteiger partial charge in [0.25, 0.3) is 0 Å². The van der Waals surface area contributed by atoms with Crippen LogP contribution in [0, 0.1) is 0 Å². The molecule has 0 aliphatic heterocycles. The Bertz CT molecular complexity index is 205. The molecule has 0 heterocycles. The number of hydrogen-bond donors (Lipinski definition) is 1. The van der Waals surface area contributed by atoms with E-state index in [4.69, 9.17) is 4.89 Å². The Morgan fingerprint density at radius 3 is 1.75 bits per heavy atom. The van der Waals surface area contributed by atoms with Gasteiger partial charge in [-0.2, -0.15) is 13.2 Å². The largest absolute Gasteiger partial charge is 0.448 e. The standard InChI is InChI=1S/C4H7F4O3P/c1-3(5,4(6,7)8)11-12(2,9)10/h1-2H3,(H,9,10). The molecule has 0 aromatic carbocycles. The maximum Gasteiger partial charge on any atom is 0.448 e. The van der Waals surface area contributed by atoms with Crippen molar-refractivity contribution in [2.45, 2.75) is 19.0 Å².